The standard InChI is InChI=1S/C10H16O2/c1-4-8-6-9(11)7(3)10(5-2)12-8/h6-7,10H,4-5H2,1-3H3. The first kappa shape index (κ1) is 9.30. The molecule has 68 valence electrons. The van der Waals surface area contributed by atoms with Crippen LogP contribution < -0.4 is 0 Å². The molecule has 0 aromatic rings. The lowest BCUT2D eigenvalue weighted by Gasteiger charge is -2.27. The van der Waals surface area contributed by atoms with E-state index in [4.69, 9.17) is 4.74 Å². The number of hydrogen-bond donors (Lipinski definition) is 0. The lowest BCUT2D eigenvalue weighted by molar-refractivity contribution is -0.124. The second-order valence-electron chi connectivity index (χ2n) is 3.22. The van der Waals surface area contributed by atoms with Gasteiger partial charge in [-0.05, 0) is 6.42 Å². The highest BCUT2D eigenvalue weighted by Crippen LogP contribution is 2.23. The number of ketones is 1. The number of carbonyl (C=O) groups excluding carboxylic acids is 1. The summed E-state index contributed by atoms with van der Waals surface area (Å²) in [6.45, 7) is 5.98. The largest absolute Gasteiger partial charge is 0.494 e. The minimum absolute atomic E-state index is 0.0327. The molecule has 0 aromatic heterocycles. The average molecular weight is 168 g/mol. The molecule has 0 radical (unpaired) electrons. The van der Waals surface area contributed by atoms with Gasteiger partial charge in [-0.1, -0.05) is 20.8 Å². The number of allylic oxidation sites excluding steroid dienone is 2. The van der Waals surface area contributed by atoms with Crippen molar-refractivity contribution in [2.75, 3.05) is 0 Å². The molecule has 0 bridgehead atoms. The van der Waals surface area contributed by atoms with Crippen molar-refractivity contribution in [2.24, 2.45) is 5.92 Å². The van der Waals surface area contributed by atoms with Crippen LogP contribution in [0.1, 0.15) is 33.6 Å². The summed E-state index contributed by atoms with van der Waals surface area (Å²) in [5.41, 5.74) is 0. The van der Waals surface area contributed by atoms with E-state index in [2.05, 4.69) is 0 Å². The summed E-state index contributed by atoms with van der Waals surface area (Å²) in [6, 6.07) is 0. The maximum Gasteiger partial charge on any atom is 0.165 e. The van der Waals surface area contributed by atoms with Crippen molar-refractivity contribution in [3.05, 3.63) is 11.8 Å². The highest BCUT2D eigenvalue weighted by atomic mass is 16.5. The molecule has 12 heavy (non-hydrogen) atoms. The first-order chi connectivity index (χ1) is 5.69. The van der Waals surface area contributed by atoms with E-state index in [1.54, 1.807) is 6.08 Å². The van der Waals surface area contributed by atoms with Gasteiger partial charge in [-0.3, -0.25) is 4.79 Å². The van der Waals surface area contributed by atoms with E-state index in [9.17, 15) is 4.79 Å². The predicted octanol–water partition coefficient (Wildman–Crippen LogP) is 2.29. The molecule has 0 saturated heterocycles. The molecule has 0 N–H and O–H groups in total. The summed E-state index contributed by atoms with van der Waals surface area (Å²) in [7, 11) is 0. The summed E-state index contributed by atoms with van der Waals surface area (Å²) < 4.78 is 5.61. The Bertz CT molecular complexity index is 206. The van der Waals surface area contributed by atoms with Gasteiger partial charge in [-0.25, -0.2) is 0 Å². The van der Waals surface area contributed by atoms with Crippen LogP contribution in [0.3, 0.4) is 0 Å². The molecule has 2 atom stereocenters. The maximum atomic E-state index is 11.4. The van der Waals surface area contributed by atoms with Gasteiger partial charge in [0.05, 0.1) is 11.7 Å². The molecular weight excluding hydrogens is 152 g/mol. The monoisotopic (exact) mass is 168 g/mol. The van der Waals surface area contributed by atoms with Crippen molar-refractivity contribution < 1.29 is 9.53 Å². The van der Waals surface area contributed by atoms with Gasteiger partial charge in [0.25, 0.3) is 0 Å². The van der Waals surface area contributed by atoms with E-state index >= 15 is 0 Å². The van der Waals surface area contributed by atoms with Crippen molar-refractivity contribution in [3.63, 3.8) is 0 Å². The normalized spacial score (nSPS) is 29.6. The zero-order valence-electron chi connectivity index (χ0n) is 7.96. The third kappa shape index (κ3) is 1.68. The molecule has 1 rings (SSSR count). The van der Waals surface area contributed by atoms with Crippen molar-refractivity contribution in [3.8, 4) is 0 Å². The fourth-order valence-corrected chi connectivity index (χ4v) is 1.43. The molecule has 0 fully saturated rings. The van der Waals surface area contributed by atoms with Crippen LogP contribution in [-0.2, 0) is 9.53 Å². The van der Waals surface area contributed by atoms with Gasteiger partial charge in [0.15, 0.2) is 5.78 Å². The number of hydrogen-bond acceptors (Lipinski definition) is 2. The topological polar surface area (TPSA) is 26.3 Å². The van der Waals surface area contributed by atoms with Crippen LogP contribution in [0.2, 0.25) is 0 Å². The molecule has 0 saturated carbocycles. The van der Waals surface area contributed by atoms with Gasteiger partial charge in [0, 0.05) is 12.5 Å². The Hall–Kier alpha value is -0.790. The van der Waals surface area contributed by atoms with E-state index in [1.807, 2.05) is 20.8 Å². The fraction of sp³-hybridized carbons (Fsp3) is 0.700. The highest BCUT2D eigenvalue weighted by molar-refractivity contribution is 5.92. The Morgan fingerprint density at radius 3 is 2.67 bits per heavy atom. The van der Waals surface area contributed by atoms with Gasteiger partial charge < -0.3 is 4.74 Å². The summed E-state index contributed by atoms with van der Waals surface area (Å²) >= 11 is 0. The maximum absolute atomic E-state index is 11.4. The van der Waals surface area contributed by atoms with Crippen LogP contribution in [0.15, 0.2) is 11.8 Å². The minimum atomic E-state index is 0.0327. The van der Waals surface area contributed by atoms with Crippen LogP contribution in [0.25, 0.3) is 0 Å². The quantitative estimate of drug-likeness (QED) is 0.632. The van der Waals surface area contributed by atoms with Gasteiger partial charge in [0.1, 0.15) is 6.10 Å². The molecule has 1 heterocycles. The molecule has 2 unspecified atom stereocenters. The highest BCUT2D eigenvalue weighted by Gasteiger charge is 2.27. The van der Waals surface area contributed by atoms with E-state index in [0.717, 1.165) is 18.6 Å². The third-order valence-corrected chi connectivity index (χ3v) is 2.36. The summed E-state index contributed by atoms with van der Waals surface area (Å²) in [6.07, 6.45) is 3.45. The second-order valence-corrected chi connectivity index (χ2v) is 3.22. The number of rotatable bonds is 2. The Balaban J connectivity index is 2.75. The molecule has 0 aromatic carbocycles. The molecule has 0 aliphatic carbocycles. The van der Waals surface area contributed by atoms with Gasteiger partial charge in [-0.2, -0.15) is 0 Å². The summed E-state index contributed by atoms with van der Waals surface area (Å²) in [5, 5.41) is 0. The van der Waals surface area contributed by atoms with E-state index < -0.39 is 0 Å². The smallest absolute Gasteiger partial charge is 0.165 e. The lowest BCUT2D eigenvalue weighted by atomic mass is 9.94. The van der Waals surface area contributed by atoms with E-state index in [1.165, 1.54) is 0 Å². The van der Waals surface area contributed by atoms with Gasteiger partial charge in [-0.15, -0.1) is 0 Å². The van der Waals surface area contributed by atoms with Crippen molar-refractivity contribution >= 4 is 5.78 Å². The predicted molar refractivity (Wildman–Crippen MR) is 47.7 cm³/mol. The van der Waals surface area contributed by atoms with Crippen molar-refractivity contribution in [2.45, 2.75) is 39.7 Å². The summed E-state index contributed by atoms with van der Waals surface area (Å²) in [4.78, 5) is 11.4. The Morgan fingerprint density at radius 1 is 1.50 bits per heavy atom. The molecule has 0 amide bonds. The molecule has 1 aliphatic rings. The van der Waals surface area contributed by atoms with Crippen LogP contribution >= 0.6 is 0 Å². The van der Waals surface area contributed by atoms with Crippen molar-refractivity contribution in [1.82, 2.24) is 0 Å². The van der Waals surface area contributed by atoms with Gasteiger partial charge >= 0.3 is 0 Å². The van der Waals surface area contributed by atoms with Crippen molar-refractivity contribution in [1.29, 1.82) is 0 Å². The van der Waals surface area contributed by atoms with Crippen LogP contribution in [0.4, 0.5) is 0 Å². The van der Waals surface area contributed by atoms with Crippen LogP contribution in [0, 0.1) is 5.92 Å². The summed E-state index contributed by atoms with van der Waals surface area (Å²) in [5.74, 6) is 1.08. The fourth-order valence-electron chi connectivity index (χ4n) is 1.43. The first-order valence-electron chi connectivity index (χ1n) is 4.60. The van der Waals surface area contributed by atoms with E-state index in [0.29, 0.717) is 0 Å². The first-order valence-corrected chi connectivity index (χ1v) is 4.60. The Morgan fingerprint density at radius 2 is 2.17 bits per heavy atom. The SMILES string of the molecule is CCC1=CC(=O)C(C)C(CC)O1. The Labute approximate surface area is 73.6 Å². The number of carbonyl (C=O) groups is 1. The molecule has 0 spiro atoms. The zero-order valence-corrected chi connectivity index (χ0v) is 7.96. The molecule has 2 heteroatoms. The molecular formula is C10H16O2. The third-order valence-electron chi connectivity index (χ3n) is 2.36. The average Bonchev–Trinajstić information content (AvgIpc) is 2.09. The zero-order chi connectivity index (χ0) is 9.14. The van der Waals surface area contributed by atoms with Crippen LogP contribution in [-0.4, -0.2) is 11.9 Å². The van der Waals surface area contributed by atoms with Gasteiger partial charge in [0.2, 0.25) is 0 Å². The van der Waals surface area contributed by atoms with E-state index in [-0.39, 0.29) is 17.8 Å². The van der Waals surface area contributed by atoms with Crippen LogP contribution in [0.5, 0.6) is 0 Å². The minimum Gasteiger partial charge on any atom is -0.494 e. The number of ether oxygens (including phenoxy) is 1. The lowest BCUT2D eigenvalue weighted by Crippen LogP contribution is -2.30. The molecule has 1 aliphatic heterocycles. The molecule has 2 nitrogen and oxygen atoms in total. The Kier molecular flexibility index (Phi) is 2.90. The second kappa shape index (κ2) is 3.74.